The molecule has 7 heteroatoms. The molecular formula is C11H17N3O4. The minimum Gasteiger partial charge on any atom is -0.481 e. The lowest BCUT2D eigenvalue weighted by Crippen LogP contribution is -2.56. The van der Waals surface area contributed by atoms with Gasteiger partial charge in [-0.25, -0.2) is 0 Å². The molecule has 2 heterocycles. The fraction of sp³-hybridized carbons (Fsp3) is 0.727. The molecule has 7 nitrogen and oxygen atoms in total. The van der Waals surface area contributed by atoms with Gasteiger partial charge in [0.05, 0.1) is 12.5 Å². The van der Waals surface area contributed by atoms with E-state index in [9.17, 15) is 14.4 Å². The van der Waals surface area contributed by atoms with Gasteiger partial charge in [0.15, 0.2) is 0 Å². The van der Waals surface area contributed by atoms with Crippen molar-refractivity contribution in [3.05, 3.63) is 0 Å². The molecule has 0 bridgehead atoms. The van der Waals surface area contributed by atoms with Crippen LogP contribution in [0, 0.1) is 0 Å². The van der Waals surface area contributed by atoms with Crippen LogP contribution in [0.5, 0.6) is 0 Å². The number of rotatable bonds is 3. The number of carboxylic acids is 1. The average molecular weight is 255 g/mol. The molecule has 2 amide bonds. The van der Waals surface area contributed by atoms with Crippen LogP contribution in [0.4, 0.5) is 0 Å². The molecule has 0 aromatic heterocycles. The molecule has 2 saturated heterocycles. The van der Waals surface area contributed by atoms with E-state index in [0.29, 0.717) is 26.1 Å². The summed E-state index contributed by atoms with van der Waals surface area (Å²) in [6.45, 7) is 1.43. The zero-order valence-corrected chi connectivity index (χ0v) is 10.0. The molecule has 2 aliphatic heterocycles. The highest BCUT2D eigenvalue weighted by atomic mass is 16.4. The Hall–Kier alpha value is -1.63. The van der Waals surface area contributed by atoms with Crippen molar-refractivity contribution in [2.75, 3.05) is 19.6 Å². The fourth-order valence-electron chi connectivity index (χ4n) is 2.57. The van der Waals surface area contributed by atoms with E-state index >= 15 is 0 Å². The summed E-state index contributed by atoms with van der Waals surface area (Å²) < 4.78 is 0. The number of nitrogens with zero attached hydrogens (tertiary/aromatic N) is 2. The molecular weight excluding hydrogens is 238 g/mol. The number of carbonyl (C=O) groups excluding carboxylic acids is 2. The molecule has 3 N–H and O–H groups in total. The molecule has 0 aromatic carbocycles. The number of hydrogen-bond donors (Lipinski definition) is 2. The molecule has 100 valence electrons. The summed E-state index contributed by atoms with van der Waals surface area (Å²) >= 11 is 0. The number of amides is 2. The number of carboxylic acid groups (broad SMARTS) is 1. The van der Waals surface area contributed by atoms with Crippen molar-refractivity contribution in [2.24, 2.45) is 5.73 Å². The van der Waals surface area contributed by atoms with Gasteiger partial charge in [-0.15, -0.1) is 0 Å². The maximum Gasteiger partial charge on any atom is 0.305 e. The Bertz CT molecular complexity index is 384. The van der Waals surface area contributed by atoms with E-state index in [2.05, 4.69) is 0 Å². The molecule has 2 unspecified atom stereocenters. The van der Waals surface area contributed by atoms with E-state index in [4.69, 9.17) is 10.8 Å². The van der Waals surface area contributed by atoms with Gasteiger partial charge in [0.2, 0.25) is 11.8 Å². The molecule has 0 aromatic rings. The van der Waals surface area contributed by atoms with E-state index in [-0.39, 0.29) is 24.3 Å². The Morgan fingerprint density at radius 1 is 1.44 bits per heavy atom. The topological polar surface area (TPSA) is 104 Å². The third-order valence-electron chi connectivity index (χ3n) is 3.52. The van der Waals surface area contributed by atoms with Gasteiger partial charge in [-0.2, -0.15) is 0 Å². The Morgan fingerprint density at radius 2 is 2.17 bits per heavy atom. The van der Waals surface area contributed by atoms with Crippen molar-refractivity contribution in [1.29, 1.82) is 0 Å². The monoisotopic (exact) mass is 255 g/mol. The molecule has 0 aliphatic carbocycles. The fourth-order valence-corrected chi connectivity index (χ4v) is 2.57. The molecule has 2 atom stereocenters. The number of aliphatic carboxylic acids is 1. The number of piperazine rings is 1. The Morgan fingerprint density at radius 3 is 2.83 bits per heavy atom. The zero-order valence-electron chi connectivity index (χ0n) is 10.0. The van der Waals surface area contributed by atoms with Crippen molar-refractivity contribution in [1.82, 2.24) is 9.80 Å². The molecule has 2 aliphatic rings. The van der Waals surface area contributed by atoms with E-state index < -0.39 is 12.0 Å². The average Bonchev–Trinajstić information content (AvgIpc) is 2.69. The largest absolute Gasteiger partial charge is 0.481 e. The van der Waals surface area contributed by atoms with Crippen LogP contribution in [0.2, 0.25) is 0 Å². The summed E-state index contributed by atoms with van der Waals surface area (Å²) in [4.78, 5) is 37.3. The van der Waals surface area contributed by atoms with Crippen LogP contribution in [0.3, 0.4) is 0 Å². The molecule has 0 spiro atoms. The third-order valence-corrected chi connectivity index (χ3v) is 3.52. The van der Waals surface area contributed by atoms with Crippen LogP contribution in [-0.2, 0) is 14.4 Å². The van der Waals surface area contributed by atoms with E-state index in [1.165, 1.54) is 0 Å². The first kappa shape index (κ1) is 12.8. The number of fused-ring (bicyclic) bond motifs is 1. The van der Waals surface area contributed by atoms with E-state index in [1.54, 1.807) is 9.80 Å². The van der Waals surface area contributed by atoms with Crippen LogP contribution in [0.15, 0.2) is 0 Å². The lowest BCUT2D eigenvalue weighted by Gasteiger charge is -2.38. The first-order chi connectivity index (χ1) is 8.49. The highest BCUT2D eigenvalue weighted by Gasteiger charge is 2.37. The van der Waals surface area contributed by atoms with Gasteiger partial charge in [-0.3, -0.25) is 14.4 Å². The standard InChI is InChI=1S/C11H17N3O4/c12-8(5-10(16)17)11(18)13-3-4-14-7(6-13)1-2-9(14)15/h7-8H,1-6,12H2,(H,16,17). The van der Waals surface area contributed by atoms with Gasteiger partial charge in [0.25, 0.3) is 0 Å². The molecule has 18 heavy (non-hydrogen) atoms. The van der Waals surface area contributed by atoms with Crippen molar-refractivity contribution >= 4 is 17.8 Å². The minimum absolute atomic E-state index is 0.0761. The van der Waals surface area contributed by atoms with Crippen molar-refractivity contribution in [2.45, 2.75) is 31.3 Å². The van der Waals surface area contributed by atoms with Gasteiger partial charge in [0, 0.05) is 32.1 Å². The Kier molecular flexibility index (Phi) is 3.51. The first-order valence-electron chi connectivity index (χ1n) is 6.04. The Labute approximate surface area is 105 Å². The van der Waals surface area contributed by atoms with Crippen molar-refractivity contribution < 1.29 is 19.5 Å². The van der Waals surface area contributed by atoms with Gasteiger partial charge in [-0.1, -0.05) is 0 Å². The number of carbonyl (C=O) groups is 3. The summed E-state index contributed by atoms with van der Waals surface area (Å²) in [7, 11) is 0. The zero-order chi connectivity index (χ0) is 13.3. The molecule has 0 radical (unpaired) electrons. The molecule has 2 fully saturated rings. The number of hydrogen-bond acceptors (Lipinski definition) is 4. The second-order valence-electron chi connectivity index (χ2n) is 4.77. The third kappa shape index (κ3) is 2.45. The quantitative estimate of drug-likeness (QED) is 0.647. The predicted octanol–water partition coefficient (Wildman–Crippen LogP) is -1.38. The predicted molar refractivity (Wildman–Crippen MR) is 61.5 cm³/mol. The van der Waals surface area contributed by atoms with E-state index in [1.807, 2.05) is 0 Å². The lowest BCUT2D eigenvalue weighted by atomic mass is 10.1. The maximum atomic E-state index is 11.9. The summed E-state index contributed by atoms with van der Waals surface area (Å²) in [6.07, 6.45) is 0.938. The first-order valence-corrected chi connectivity index (χ1v) is 6.04. The minimum atomic E-state index is -1.08. The summed E-state index contributed by atoms with van der Waals surface area (Å²) in [5.41, 5.74) is 5.56. The van der Waals surface area contributed by atoms with Crippen LogP contribution < -0.4 is 5.73 Å². The van der Waals surface area contributed by atoms with Crippen LogP contribution in [0.1, 0.15) is 19.3 Å². The normalized spacial score (nSPS) is 24.9. The molecule has 2 rings (SSSR count). The maximum absolute atomic E-state index is 11.9. The lowest BCUT2D eigenvalue weighted by molar-refractivity contribution is -0.144. The smallest absolute Gasteiger partial charge is 0.305 e. The highest BCUT2D eigenvalue weighted by Crippen LogP contribution is 2.23. The van der Waals surface area contributed by atoms with Crippen LogP contribution in [0.25, 0.3) is 0 Å². The van der Waals surface area contributed by atoms with Crippen molar-refractivity contribution in [3.8, 4) is 0 Å². The second kappa shape index (κ2) is 4.93. The molecule has 0 saturated carbocycles. The number of nitrogens with two attached hydrogens (primary N) is 1. The summed E-state index contributed by atoms with van der Waals surface area (Å²) in [5, 5.41) is 8.61. The highest BCUT2D eigenvalue weighted by molar-refractivity contribution is 5.86. The van der Waals surface area contributed by atoms with Crippen molar-refractivity contribution in [3.63, 3.8) is 0 Å². The van der Waals surface area contributed by atoms with Gasteiger partial charge in [-0.05, 0) is 6.42 Å². The summed E-state index contributed by atoms with van der Waals surface area (Å²) in [6, 6.07) is -0.918. The van der Waals surface area contributed by atoms with Gasteiger partial charge in [0.1, 0.15) is 0 Å². The second-order valence-corrected chi connectivity index (χ2v) is 4.77. The summed E-state index contributed by atoms with van der Waals surface area (Å²) in [5.74, 6) is -1.27. The van der Waals surface area contributed by atoms with Crippen LogP contribution in [-0.4, -0.2) is 64.4 Å². The van der Waals surface area contributed by atoms with Gasteiger partial charge >= 0.3 is 5.97 Å². The van der Waals surface area contributed by atoms with Crippen LogP contribution >= 0.6 is 0 Å². The van der Waals surface area contributed by atoms with E-state index in [0.717, 1.165) is 6.42 Å². The SMILES string of the molecule is NC(CC(=O)O)C(=O)N1CCN2C(=O)CCC2C1. The Balaban J connectivity index is 1.93. The van der Waals surface area contributed by atoms with Gasteiger partial charge < -0.3 is 20.6 Å².